The van der Waals surface area contributed by atoms with Gasteiger partial charge in [0, 0.05) is 11.1 Å². The van der Waals surface area contributed by atoms with E-state index in [-0.39, 0.29) is 23.6 Å². The van der Waals surface area contributed by atoms with Crippen LogP contribution in [0.1, 0.15) is 35.3 Å². The van der Waals surface area contributed by atoms with Crippen molar-refractivity contribution in [2.24, 2.45) is 0 Å². The number of carbonyl (C=O) groups excluding carboxylic acids is 1. The first-order valence-corrected chi connectivity index (χ1v) is 10.3. The van der Waals surface area contributed by atoms with Crippen LogP contribution in [0.3, 0.4) is 0 Å². The lowest BCUT2D eigenvalue weighted by molar-refractivity contribution is -0.0436. The molecule has 2 aliphatic heterocycles. The Hall–Kier alpha value is -3.01. The lowest BCUT2D eigenvalue weighted by Crippen LogP contribution is -2.38. The van der Waals surface area contributed by atoms with Gasteiger partial charge in [0.1, 0.15) is 5.75 Å². The Bertz CT molecular complexity index is 1220. The van der Waals surface area contributed by atoms with Crippen molar-refractivity contribution in [2.45, 2.75) is 36.4 Å². The van der Waals surface area contributed by atoms with Gasteiger partial charge in [0.15, 0.2) is 11.4 Å². The topological polar surface area (TPSA) is 83.9 Å². The first-order valence-electron chi connectivity index (χ1n) is 8.83. The zero-order chi connectivity index (χ0) is 22.1. The van der Waals surface area contributed by atoms with Gasteiger partial charge in [-0.3, -0.25) is 9.69 Å². The number of aliphatic hydroxyl groups excluding tert-OH is 1. The van der Waals surface area contributed by atoms with Crippen LogP contribution < -0.4 is 4.74 Å². The number of hydrogen-bond donors (Lipinski definition) is 1. The van der Waals surface area contributed by atoms with E-state index in [9.17, 15) is 31.5 Å². The van der Waals surface area contributed by atoms with Gasteiger partial charge in [-0.25, -0.2) is 8.42 Å². The zero-order valence-corrected chi connectivity index (χ0v) is 16.6. The lowest BCUT2D eigenvalue weighted by atomic mass is 9.96. The maximum atomic E-state index is 13.0. The molecule has 0 atom stereocenters. The van der Waals surface area contributed by atoms with Crippen LogP contribution in [0.5, 0.6) is 5.75 Å². The predicted octanol–water partition coefficient (Wildman–Crippen LogP) is 4.03. The number of aliphatic hydroxyl groups is 1. The van der Waals surface area contributed by atoms with Crippen molar-refractivity contribution in [3.63, 3.8) is 0 Å². The molecule has 0 radical (unpaired) electrons. The van der Waals surface area contributed by atoms with Crippen molar-refractivity contribution in [1.82, 2.24) is 4.90 Å². The summed E-state index contributed by atoms with van der Waals surface area (Å²) in [5, 5.41) is 10.8. The Morgan fingerprint density at radius 2 is 1.77 bits per heavy atom. The van der Waals surface area contributed by atoms with Gasteiger partial charge in [-0.15, -0.1) is 0 Å². The third-order valence-electron chi connectivity index (χ3n) is 5.07. The number of fused-ring (bicyclic) bond motifs is 2. The number of rotatable bonds is 2. The van der Waals surface area contributed by atoms with Crippen LogP contribution in [-0.4, -0.2) is 35.4 Å². The van der Waals surface area contributed by atoms with E-state index < -0.39 is 37.5 Å². The van der Waals surface area contributed by atoms with E-state index in [0.29, 0.717) is 11.1 Å². The first kappa shape index (κ1) is 20.3. The number of sulfone groups is 1. The number of carbonyl (C=O) groups is 1. The molecule has 158 valence electrons. The average molecular weight is 439 g/mol. The van der Waals surface area contributed by atoms with Crippen LogP contribution in [0.2, 0.25) is 0 Å². The monoisotopic (exact) mass is 439 g/mol. The van der Waals surface area contributed by atoms with Gasteiger partial charge in [0.2, 0.25) is 0 Å². The van der Waals surface area contributed by atoms with Crippen LogP contribution in [-0.2, 0) is 16.4 Å². The molecule has 2 aliphatic rings. The fraction of sp³-hybridized carbons (Fsp3) is 0.250. The molecule has 1 amide bonds. The fourth-order valence-corrected chi connectivity index (χ4v) is 4.32. The molecular weight excluding hydrogens is 423 g/mol. The third kappa shape index (κ3) is 2.85. The van der Waals surface area contributed by atoms with Gasteiger partial charge < -0.3 is 9.84 Å². The Kier molecular flexibility index (Phi) is 4.22. The van der Waals surface area contributed by atoms with Crippen LogP contribution in [0.25, 0.3) is 5.70 Å². The average Bonchev–Trinajstić information content (AvgIpc) is 2.98. The van der Waals surface area contributed by atoms with Crippen molar-refractivity contribution < 1.29 is 36.2 Å². The SMILES string of the molecule is CC1(C)Oc2ccc(S(=O)(=O)C(F)(F)F)cc2C(N2Cc3ccccc3C2=O)=C1O. The third-order valence-corrected chi connectivity index (χ3v) is 6.56. The predicted molar refractivity (Wildman–Crippen MR) is 100 cm³/mol. The molecule has 2 aromatic rings. The van der Waals surface area contributed by atoms with Crippen molar-refractivity contribution >= 4 is 21.4 Å². The number of alkyl halides is 3. The van der Waals surface area contributed by atoms with E-state index in [1.807, 2.05) is 0 Å². The highest BCUT2D eigenvalue weighted by atomic mass is 32.2. The van der Waals surface area contributed by atoms with Crippen LogP contribution >= 0.6 is 0 Å². The normalized spacial score (nSPS) is 18.2. The molecule has 0 aliphatic carbocycles. The molecule has 2 heterocycles. The smallest absolute Gasteiger partial charge is 0.501 e. The van der Waals surface area contributed by atoms with Crippen LogP contribution in [0.4, 0.5) is 13.2 Å². The number of benzene rings is 2. The van der Waals surface area contributed by atoms with E-state index in [2.05, 4.69) is 0 Å². The molecule has 0 saturated carbocycles. The van der Waals surface area contributed by atoms with Crippen molar-refractivity contribution in [3.8, 4) is 5.75 Å². The summed E-state index contributed by atoms with van der Waals surface area (Å²) in [5.41, 5.74) is -5.92. The standard InChI is InChI=1S/C20H16F3NO5S/c1-19(2)17(25)16(24-10-11-5-3-4-6-13(11)18(24)26)14-9-12(7-8-15(14)29-19)30(27,28)20(21,22)23/h3-9,25H,10H2,1-2H3. The Morgan fingerprint density at radius 3 is 2.40 bits per heavy atom. The summed E-state index contributed by atoms with van der Waals surface area (Å²) in [6.07, 6.45) is 0. The quantitative estimate of drug-likeness (QED) is 0.764. The number of halogens is 3. The molecule has 2 aromatic carbocycles. The maximum Gasteiger partial charge on any atom is 0.501 e. The second-order valence-electron chi connectivity index (χ2n) is 7.47. The highest BCUT2D eigenvalue weighted by molar-refractivity contribution is 7.92. The van der Waals surface area contributed by atoms with E-state index in [1.165, 1.54) is 18.7 Å². The highest BCUT2D eigenvalue weighted by Crippen LogP contribution is 2.45. The van der Waals surface area contributed by atoms with Gasteiger partial charge in [-0.1, -0.05) is 18.2 Å². The molecule has 0 bridgehead atoms. The van der Waals surface area contributed by atoms with Crippen LogP contribution in [0, 0.1) is 0 Å². The Balaban J connectivity index is 1.92. The number of ether oxygens (including phenoxy) is 1. The van der Waals surface area contributed by atoms with E-state index in [4.69, 9.17) is 4.74 Å². The molecule has 10 heteroatoms. The molecule has 6 nitrogen and oxygen atoms in total. The van der Waals surface area contributed by atoms with Crippen molar-refractivity contribution in [1.29, 1.82) is 0 Å². The summed E-state index contributed by atoms with van der Waals surface area (Å²) >= 11 is 0. The van der Waals surface area contributed by atoms with Crippen molar-refractivity contribution in [2.75, 3.05) is 0 Å². The summed E-state index contributed by atoms with van der Waals surface area (Å²) in [5.74, 6) is -0.796. The highest BCUT2D eigenvalue weighted by Gasteiger charge is 2.48. The summed E-state index contributed by atoms with van der Waals surface area (Å²) in [7, 11) is -5.63. The van der Waals surface area contributed by atoms with Gasteiger partial charge in [0.25, 0.3) is 15.7 Å². The zero-order valence-electron chi connectivity index (χ0n) is 15.8. The summed E-state index contributed by atoms with van der Waals surface area (Å²) in [6.45, 7) is 3.12. The van der Waals surface area contributed by atoms with Crippen LogP contribution in [0.15, 0.2) is 53.1 Å². The molecule has 0 fully saturated rings. The minimum Gasteiger partial charge on any atom is -0.506 e. The summed E-state index contributed by atoms with van der Waals surface area (Å²) in [4.78, 5) is 13.2. The van der Waals surface area contributed by atoms with Gasteiger partial charge in [-0.2, -0.15) is 13.2 Å². The van der Waals surface area contributed by atoms with E-state index in [1.54, 1.807) is 24.3 Å². The fourth-order valence-electron chi connectivity index (χ4n) is 3.53. The van der Waals surface area contributed by atoms with E-state index in [0.717, 1.165) is 18.2 Å². The molecule has 0 saturated heterocycles. The summed E-state index contributed by atoms with van der Waals surface area (Å²) in [6, 6.07) is 9.39. The number of nitrogens with zero attached hydrogens (tertiary/aromatic N) is 1. The number of hydrogen-bond acceptors (Lipinski definition) is 5. The molecule has 0 aromatic heterocycles. The molecular formula is C20H16F3NO5S. The largest absolute Gasteiger partial charge is 0.506 e. The summed E-state index contributed by atoms with van der Waals surface area (Å²) < 4.78 is 68.6. The van der Waals surface area contributed by atoms with Gasteiger partial charge >= 0.3 is 5.51 Å². The molecule has 4 rings (SSSR count). The minimum absolute atomic E-state index is 0.0534. The van der Waals surface area contributed by atoms with E-state index >= 15 is 0 Å². The Labute approximate surface area is 170 Å². The van der Waals surface area contributed by atoms with Gasteiger partial charge in [-0.05, 0) is 43.7 Å². The second kappa shape index (κ2) is 6.24. The first-order chi connectivity index (χ1) is 13.8. The molecule has 0 spiro atoms. The molecule has 30 heavy (non-hydrogen) atoms. The minimum atomic E-state index is -5.63. The number of amides is 1. The molecule has 1 N–H and O–H groups in total. The maximum absolute atomic E-state index is 13.0. The van der Waals surface area contributed by atoms with Crippen molar-refractivity contribution in [3.05, 3.63) is 64.9 Å². The van der Waals surface area contributed by atoms with Gasteiger partial charge in [0.05, 0.1) is 17.1 Å². The molecule has 0 unspecified atom stereocenters. The lowest BCUT2D eigenvalue weighted by Gasteiger charge is -2.36. The Morgan fingerprint density at radius 1 is 1.10 bits per heavy atom. The second-order valence-corrected chi connectivity index (χ2v) is 9.41.